The van der Waals surface area contributed by atoms with Crippen molar-refractivity contribution >= 4 is 17.5 Å². The molecule has 1 atom stereocenters. The van der Waals surface area contributed by atoms with Gasteiger partial charge in [0.2, 0.25) is 5.91 Å². The van der Waals surface area contributed by atoms with Crippen LogP contribution in [-0.4, -0.2) is 30.4 Å². The largest absolute Gasteiger partial charge is 0.345 e. The molecule has 0 saturated heterocycles. The summed E-state index contributed by atoms with van der Waals surface area (Å²) in [5.41, 5.74) is 0.775. The number of rotatable bonds is 5. The molecule has 1 rings (SSSR count). The third-order valence-electron chi connectivity index (χ3n) is 2.83. The fraction of sp³-hybridized carbons (Fsp3) is 0.462. The molecule has 18 heavy (non-hydrogen) atoms. The van der Waals surface area contributed by atoms with Crippen LogP contribution >= 0.6 is 11.6 Å². The fourth-order valence-corrected chi connectivity index (χ4v) is 1.74. The van der Waals surface area contributed by atoms with E-state index >= 15 is 0 Å². The first kappa shape index (κ1) is 14.9. The number of hydrogen-bond donors (Lipinski definition) is 1. The summed E-state index contributed by atoms with van der Waals surface area (Å²) >= 11 is 5.91. The quantitative estimate of drug-likeness (QED) is 0.893. The number of carbonyl (C=O) groups excluding carboxylic acids is 1. The minimum atomic E-state index is -0.362. The molecule has 0 aliphatic carbocycles. The van der Waals surface area contributed by atoms with E-state index in [9.17, 15) is 9.18 Å². The molecular weight excluding hydrogens is 255 g/mol. The van der Waals surface area contributed by atoms with Gasteiger partial charge in [-0.2, -0.15) is 0 Å². The first-order chi connectivity index (χ1) is 8.45. The topological polar surface area (TPSA) is 32.3 Å². The van der Waals surface area contributed by atoms with Gasteiger partial charge < -0.3 is 10.2 Å². The van der Waals surface area contributed by atoms with Crippen molar-refractivity contribution in [2.24, 2.45) is 0 Å². The standard InChI is InChI=1S/C13H18ClFN2O/c1-4-17(3)13(18)9(2)16-8-10-5-6-11(15)7-12(10)14/h5-7,9,16H,4,8H2,1-3H3. The number of nitrogens with one attached hydrogen (secondary N) is 1. The molecule has 1 unspecified atom stereocenters. The number of likely N-dealkylation sites (N-methyl/N-ethyl adjacent to an activating group) is 1. The second-order valence-corrected chi connectivity index (χ2v) is 4.60. The van der Waals surface area contributed by atoms with Gasteiger partial charge in [-0.05, 0) is 31.5 Å². The van der Waals surface area contributed by atoms with E-state index in [4.69, 9.17) is 11.6 Å². The van der Waals surface area contributed by atoms with Crippen LogP contribution in [0.15, 0.2) is 18.2 Å². The molecule has 0 saturated carbocycles. The second kappa shape index (κ2) is 6.71. The maximum Gasteiger partial charge on any atom is 0.239 e. The van der Waals surface area contributed by atoms with Gasteiger partial charge in [-0.3, -0.25) is 4.79 Å². The van der Waals surface area contributed by atoms with Gasteiger partial charge in [0.15, 0.2) is 0 Å². The van der Waals surface area contributed by atoms with Gasteiger partial charge in [-0.15, -0.1) is 0 Å². The molecule has 1 N–H and O–H groups in total. The smallest absolute Gasteiger partial charge is 0.239 e. The number of halogens is 2. The number of hydrogen-bond acceptors (Lipinski definition) is 2. The van der Waals surface area contributed by atoms with E-state index < -0.39 is 0 Å². The predicted molar refractivity (Wildman–Crippen MR) is 71.0 cm³/mol. The van der Waals surface area contributed by atoms with Crippen molar-refractivity contribution in [2.45, 2.75) is 26.4 Å². The molecule has 0 fully saturated rings. The van der Waals surface area contributed by atoms with Gasteiger partial charge in [-0.1, -0.05) is 17.7 Å². The highest BCUT2D eigenvalue weighted by atomic mass is 35.5. The van der Waals surface area contributed by atoms with E-state index in [1.165, 1.54) is 12.1 Å². The Labute approximate surface area is 112 Å². The van der Waals surface area contributed by atoms with Crippen molar-refractivity contribution in [3.63, 3.8) is 0 Å². The summed E-state index contributed by atoms with van der Waals surface area (Å²) in [7, 11) is 1.76. The van der Waals surface area contributed by atoms with Crippen LogP contribution in [-0.2, 0) is 11.3 Å². The van der Waals surface area contributed by atoms with E-state index in [0.717, 1.165) is 5.56 Å². The average Bonchev–Trinajstić information content (AvgIpc) is 2.35. The lowest BCUT2D eigenvalue weighted by Gasteiger charge is -2.20. The molecule has 1 aromatic carbocycles. The van der Waals surface area contributed by atoms with Crippen molar-refractivity contribution < 1.29 is 9.18 Å². The van der Waals surface area contributed by atoms with Crippen molar-refractivity contribution in [3.8, 4) is 0 Å². The van der Waals surface area contributed by atoms with E-state index in [-0.39, 0.29) is 17.8 Å². The fourth-order valence-electron chi connectivity index (χ4n) is 1.50. The van der Waals surface area contributed by atoms with E-state index in [1.54, 1.807) is 24.9 Å². The van der Waals surface area contributed by atoms with Crippen molar-refractivity contribution in [2.75, 3.05) is 13.6 Å². The Balaban J connectivity index is 2.57. The Morgan fingerprint density at radius 2 is 2.22 bits per heavy atom. The Bertz CT molecular complexity index is 425. The highest BCUT2D eigenvalue weighted by Crippen LogP contribution is 2.17. The molecule has 3 nitrogen and oxygen atoms in total. The predicted octanol–water partition coefficient (Wildman–Crippen LogP) is 2.44. The number of benzene rings is 1. The Morgan fingerprint density at radius 1 is 1.56 bits per heavy atom. The van der Waals surface area contributed by atoms with E-state index in [0.29, 0.717) is 18.1 Å². The monoisotopic (exact) mass is 272 g/mol. The van der Waals surface area contributed by atoms with Gasteiger partial charge >= 0.3 is 0 Å². The lowest BCUT2D eigenvalue weighted by molar-refractivity contribution is -0.131. The Kier molecular flexibility index (Phi) is 5.56. The van der Waals surface area contributed by atoms with Crippen LogP contribution in [0.25, 0.3) is 0 Å². The molecular formula is C13H18ClFN2O. The maximum atomic E-state index is 12.9. The molecule has 0 aliphatic heterocycles. The molecule has 0 radical (unpaired) electrons. The molecule has 1 amide bonds. The van der Waals surface area contributed by atoms with Crippen LogP contribution in [0.2, 0.25) is 5.02 Å². The summed E-state index contributed by atoms with van der Waals surface area (Å²) in [6.07, 6.45) is 0. The van der Waals surface area contributed by atoms with Gasteiger partial charge in [0.1, 0.15) is 5.82 Å². The zero-order valence-electron chi connectivity index (χ0n) is 10.8. The average molecular weight is 273 g/mol. The van der Waals surface area contributed by atoms with Crippen LogP contribution < -0.4 is 5.32 Å². The van der Waals surface area contributed by atoms with Crippen LogP contribution in [0, 0.1) is 5.82 Å². The molecule has 0 aliphatic rings. The second-order valence-electron chi connectivity index (χ2n) is 4.19. The normalized spacial score (nSPS) is 12.3. The highest BCUT2D eigenvalue weighted by molar-refractivity contribution is 6.31. The minimum Gasteiger partial charge on any atom is -0.345 e. The van der Waals surface area contributed by atoms with Gasteiger partial charge in [-0.25, -0.2) is 4.39 Å². The molecule has 0 bridgehead atoms. The van der Waals surface area contributed by atoms with Gasteiger partial charge in [0.25, 0.3) is 0 Å². The molecule has 0 spiro atoms. The molecule has 100 valence electrons. The highest BCUT2D eigenvalue weighted by Gasteiger charge is 2.15. The van der Waals surface area contributed by atoms with Crippen LogP contribution in [0.3, 0.4) is 0 Å². The third kappa shape index (κ3) is 3.96. The summed E-state index contributed by atoms with van der Waals surface area (Å²) in [4.78, 5) is 13.4. The minimum absolute atomic E-state index is 0.0238. The maximum absolute atomic E-state index is 12.9. The zero-order valence-corrected chi connectivity index (χ0v) is 11.6. The first-order valence-electron chi connectivity index (χ1n) is 5.88. The molecule has 0 aromatic heterocycles. The number of nitrogens with zero attached hydrogens (tertiary/aromatic N) is 1. The first-order valence-corrected chi connectivity index (χ1v) is 6.25. The molecule has 1 aromatic rings. The van der Waals surface area contributed by atoms with E-state index in [1.807, 2.05) is 6.92 Å². The molecule has 0 heterocycles. The lowest BCUT2D eigenvalue weighted by Crippen LogP contribution is -2.42. The van der Waals surface area contributed by atoms with Crippen LogP contribution in [0.1, 0.15) is 19.4 Å². The third-order valence-corrected chi connectivity index (χ3v) is 3.19. The van der Waals surface area contributed by atoms with Gasteiger partial charge in [0.05, 0.1) is 6.04 Å². The molecule has 5 heteroatoms. The van der Waals surface area contributed by atoms with Crippen LogP contribution in [0.5, 0.6) is 0 Å². The zero-order chi connectivity index (χ0) is 13.7. The van der Waals surface area contributed by atoms with Gasteiger partial charge in [0, 0.05) is 25.2 Å². The lowest BCUT2D eigenvalue weighted by atomic mass is 10.2. The van der Waals surface area contributed by atoms with Crippen molar-refractivity contribution in [1.82, 2.24) is 10.2 Å². The van der Waals surface area contributed by atoms with E-state index in [2.05, 4.69) is 5.32 Å². The van der Waals surface area contributed by atoms with Crippen molar-refractivity contribution in [3.05, 3.63) is 34.6 Å². The Morgan fingerprint density at radius 3 is 2.78 bits per heavy atom. The summed E-state index contributed by atoms with van der Waals surface area (Å²) in [5, 5.41) is 3.44. The SMILES string of the molecule is CCN(C)C(=O)C(C)NCc1ccc(F)cc1Cl. The number of amides is 1. The van der Waals surface area contributed by atoms with Crippen LogP contribution in [0.4, 0.5) is 4.39 Å². The summed E-state index contributed by atoms with van der Waals surface area (Å²) < 4.78 is 12.9. The Hall–Kier alpha value is -1.13. The summed E-state index contributed by atoms with van der Waals surface area (Å²) in [5.74, 6) is -0.339. The van der Waals surface area contributed by atoms with Crippen molar-refractivity contribution in [1.29, 1.82) is 0 Å². The summed E-state index contributed by atoms with van der Waals surface area (Å²) in [6, 6.07) is 3.94. The number of carbonyl (C=O) groups is 1. The summed E-state index contributed by atoms with van der Waals surface area (Å²) in [6.45, 7) is 4.82.